The van der Waals surface area contributed by atoms with Crippen molar-refractivity contribution in [3.8, 4) is 0 Å². The highest BCUT2D eigenvalue weighted by atomic mass is 16.1. The predicted molar refractivity (Wildman–Crippen MR) is 80.5 cm³/mol. The van der Waals surface area contributed by atoms with Gasteiger partial charge in [-0.05, 0) is 6.92 Å². The number of hydrogen-bond acceptors (Lipinski definition) is 3. The van der Waals surface area contributed by atoms with E-state index in [0.717, 1.165) is 30.1 Å². The van der Waals surface area contributed by atoms with Gasteiger partial charge in [0.05, 0.1) is 6.54 Å². The standard InChI is InChI=1S/C17H16N2O/c1-12-6-8-13(9-7-12)16(20)14-4-2-3-5-15(14)17-18-10-11-19-17/h2-9H,10-11H2,1H3,(H,18,19). The molecule has 100 valence electrons. The van der Waals surface area contributed by atoms with Crippen molar-refractivity contribution >= 4 is 11.6 Å². The number of nitrogens with zero attached hydrogens (tertiary/aromatic N) is 1. The average Bonchev–Trinajstić information content (AvgIpc) is 3.01. The molecule has 0 radical (unpaired) electrons. The van der Waals surface area contributed by atoms with Gasteiger partial charge >= 0.3 is 0 Å². The lowest BCUT2D eigenvalue weighted by Crippen LogP contribution is -2.22. The van der Waals surface area contributed by atoms with Crippen LogP contribution < -0.4 is 5.32 Å². The van der Waals surface area contributed by atoms with E-state index < -0.39 is 0 Å². The summed E-state index contributed by atoms with van der Waals surface area (Å²) in [5.41, 5.74) is 3.44. The molecular weight excluding hydrogens is 248 g/mol. The summed E-state index contributed by atoms with van der Waals surface area (Å²) in [6.07, 6.45) is 0. The summed E-state index contributed by atoms with van der Waals surface area (Å²) < 4.78 is 0. The largest absolute Gasteiger partial charge is 0.368 e. The van der Waals surface area contributed by atoms with Crippen LogP contribution in [-0.2, 0) is 0 Å². The molecule has 0 unspecified atom stereocenters. The predicted octanol–water partition coefficient (Wildman–Crippen LogP) is 2.58. The second kappa shape index (κ2) is 5.29. The second-order valence-corrected chi connectivity index (χ2v) is 4.90. The lowest BCUT2D eigenvalue weighted by Gasteiger charge is -2.09. The summed E-state index contributed by atoms with van der Waals surface area (Å²) in [7, 11) is 0. The first-order valence-corrected chi connectivity index (χ1v) is 6.75. The Morgan fingerprint density at radius 1 is 1.10 bits per heavy atom. The molecule has 0 aromatic heterocycles. The van der Waals surface area contributed by atoms with Crippen LogP contribution in [0.1, 0.15) is 27.0 Å². The molecular formula is C17H16N2O. The Labute approximate surface area is 118 Å². The number of aryl methyl sites for hydroxylation is 1. The molecule has 20 heavy (non-hydrogen) atoms. The molecule has 3 rings (SSSR count). The summed E-state index contributed by atoms with van der Waals surface area (Å²) in [5, 5.41) is 3.23. The van der Waals surface area contributed by atoms with E-state index in [1.165, 1.54) is 0 Å². The van der Waals surface area contributed by atoms with Crippen molar-refractivity contribution in [1.82, 2.24) is 5.32 Å². The number of carbonyl (C=O) groups excluding carboxylic acids is 1. The van der Waals surface area contributed by atoms with Gasteiger partial charge in [0, 0.05) is 23.2 Å². The van der Waals surface area contributed by atoms with E-state index in [-0.39, 0.29) is 5.78 Å². The van der Waals surface area contributed by atoms with E-state index in [1.807, 2.05) is 55.5 Å². The van der Waals surface area contributed by atoms with Crippen molar-refractivity contribution < 1.29 is 4.79 Å². The van der Waals surface area contributed by atoms with Crippen molar-refractivity contribution in [2.24, 2.45) is 4.99 Å². The van der Waals surface area contributed by atoms with Gasteiger partial charge in [-0.15, -0.1) is 0 Å². The summed E-state index contributed by atoms with van der Waals surface area (Å²) in [5.74, 6) is 0.859. The van der Waals surface area contributed by atoms with Gasteiger partial charge in [0.1, 0.15) is 5.84 Å². The van der Waals surface area contributed by atoms with Crippen molar-refractivity contribution in [2.45, 2.75) is 6.92 Å². The molecule has 0 saturated heterocycles. The maximum Gasteiger partial charge on any atom is 0.193 e. The summed E-state index contributed by atoms with van der Waals surface area (Å²) in [6.45, 7) is 3.62. The highest BCUT2D eigenvalue weighted by Crippen LogP contribution is 2.16. The molecule has 3 heteroatoms. The van der Waals surface area contributed by atoms with Crippen LogP contribution in [-0.4, -0.2) is 24.7 Å². The molecule has 2 aromatic rings. The number of benzene rings is 2. The number of aliphatic imine (C=N–C) groups is 1. The molecule has 0 spiro atoms. The van der Waals surface area contributed by atoms with Crippen LogP contribution in [0, 0.1) is 6.92 Å². The van der Waals surface area contributed by atoms with Crippen molar-refractivity contribution in [2.75, 3.05) is 13.1 Å². The van der Waals surface area contributed by atoms with Crippen LogP contribution in [0.3, 0.4) is 0 Å². The summed E-state index contributed by atoms with van der Waals surface area (Å²) in [4.78, 5) is 17.1. The molecule has 0 aliphatic carbocycles. The SMILES string of the molecule is Cc1ccc(C(=O)c2ccccc2C2=NCCN2)cc1. The van der Waals surface area contributed by atoms with Crippen LogP contribution in [0.5, 0.6) is 0 Å². The van der Waals surface area contributed by atoms with E-state index in [9.17, 15) is 4.79 Å². The maximum atomic E-state index is 12.7. The third kappa shape index (κ3) is 2.35. The van der Waals surface area contributed by atoms with Gasteiger partial charge in [-0.3, -0.25) is 9.79 Å². The van der Waals surface area contributed by atoms with Gasteiger partial charge < -0.3 is 5.32 Å². The molecule has 2 aromatic carbocycles. The minimum Gasteiger partial charge on any atom is -0.368 e. The Kier molecular flexibility index (Phi) is 3.33. The Bertz CT molecular complexity index is 672. The van der Waals surface area contributed by atoms with Crippen molar-refractivity contribution in [1.29, 1.82) is 0 Å². The van der Waals surface area contributed by atoms with Gasteiger partial charge in [-0.25, -0.2) is 0 Å². The molecule has 3 nitrogen and oxygen atoms in total. The van der Waals surface area contributed by atoms with E-state index in [0.29, 0.717) is 11.1 Å². The summed E-state index contributed by atoms with van der Waals surface area (Å²) in [6, 6.07) is 15.3. The first-order valence-electron chi connectivity index (χ1n) is 6.75. The smallest absolute Gasteiger partial charge is 0.193 e. The fourth-order valence-corrected chi connectivity index (χ4v) is 2.33. The average molecular weight is 264 g/mol. The van der Waals surface area contributed by atoms with Crippen molar-refractivity contribution in [3.63, 3.8) is 0 Å². The Hall–Kier alpha value is -2.42. The first kappa shape index (κ1) is 12.6. The van der Waals surface area contributed by atoms with Gasteiger partial charge in [0.25, 0.3) is 0 Å². The first-order chi connectivity index (χ1) is 9.75. The van der Waals surface area contributed by atoms with E-state index in [1.54, 1.807) is 0 Å². The molecule has 1 heterocycles. The third-order valence-corrected chi connectivity index (χ3v) is 3.41. The second-order valence-electron chi connectivity index (χ2n) is 4.90. The minimum atomic E-state index is 0.0389. The number of carbonyl (C=O) groups is 1. The Balaban J connectivity index is 2.01. The zero-order chi connectivity index (χ0) is 13.9. The number of nitrogens with one attached hydrogen (secondary N) is 1. The number of amidine groups is 1. The van der Waals surface area contributed by atoms with E-state index in [2.05, 4.69) is 10.3 Å². The zero-order valence-electron chi connectivity index (χ0n) is 11.4. The third-order valence-electron chi connectivity index (χ3n) is 3.41. The van der Waals surface area contributed by atoms with E-state index in [4.69, 9.17) is 0 Å². The fraction of sp³-hybridized carbons (Fsp3) is 0.176. The molecule has 0 saturated carbocycles. The minimum absolute atomic E-state index is 0.0389. The summed E-state index contributed by atoms with van der Waals surface area (Å²) >= 11 is 0. The monoisotopic (exact) mass is 264 g/mol. The number of hydrogen-bond donors (Lipinski definition) is 1. The molecule has 1 aliphatic heterocycles. The van der Waals surface area contributed by atoms with Crippen LogP contribution in [0.2, 0.25) is 0 Å². The number of rotatable bonds is 3. The zero-order valence-corrected chi connectivity index (χ0v) is 11.4. The van der Waals surface area contributed by atoms with Gasteiger partial charge in [0.2, 0.25) is 0 Å². The topological polar surface area (TPSA) is 41.5 Å². The highest BCUT2D eigenvalue weighted by molar-refractivity contribution is 6.16. The van der Waals surface area contributed by atoms with Gasteiger partial charge in [-0.2, -0.15) is 0 Å². The quantitative estimate of drug-likeness (QED) is 0.866. The fourth-order valence-electron chi connectivity index (χ4n) is 2.33. The number of ketones is 1. The lowest BCUT2D eigenvalue weighted by atomic mass is 9.97. The van der Waals surface area contributed by atoms with Gasteiger partial charge in [0.15, 0.2) is 5.78 Å². The highest BCUT2D eigenvalue weighted by Gasteiger charge is 2.17. The molecule has 1 N–H and O–H groups in total. The van der Waals surface area contributed by atoms with Crippen LogP contribution >= 0.6 is 0 Å². The molecule has 0 atom stereocenters. The Morgan fingerprint density at radius 3 is 2.55 bits per heavy atom. The van der Waals surface area contributed by atoms with E-state index >= 15 is 0 Å². The van der Waals surface area contributed by atoms with Crippen LogP contribution in [0.15, 0.2) is 53.5 Å². The molecule has 0 fully saturated rings. The van der Waals surface area contributed by atoms with Crippen LogP contribution in [0.25, 0.3) is 0 Å². The van der Waals surface area contributed by atoms with Crippen molar-refractivity contribution in [3.05, 3.63) is 70.8 Å². The lowest BCUT2D eigenvalue weighted by molar-refractivity contribution is 0.103. The Morgan fingerprint density at radius 2 is 1.85 bits per heavy atom. The molecule has 1 aliphatic rings. The maximum absolute atomic E-state index is 12.7. The normalized spacial score (nSPS) is 13.8. The van der Waals surface area contributed by atoms with Crippen LogP contribution in [0.4, 0.5) is 0 Å². The van der Waals surface area contributed by atoms with Gasteiger partial charge in [-0.1, -0.05) is 54.1 Å². The molecule has 0 amide bonds. The molecule has 0 bridgehead atoms.